The highest BCUT2D eigenvalue weighted by Crippen LogP contribution is 2.14. The van der Waals surface area contributed by atoms with Gasteiger partial charge in [0.2, 0.25) is 5.91 Å². The van der Waals surface area contributed by atoms with Crippen molar-refractivity contribution in [3.63, 3.8) is 0 Å². The zero-order valence-corrected chi connectivity index (χ0v) is 20.4. The summed E-state index contributed by atoms with van der Waals surface area (Å²) in [6, 6.07) is 0. The van der Waals surface area contributed by atoms with Crippen LogP contribution in [0.4, 0.5) is 0 Å². The molecule has 0 radical (unpaired) electrons. The van der Waals surface area contributed by atoms with Crippen molar-refractivity contribution in [2.45, 2.75) is 162 Å². The summed E-state index contributed by atoms with van der Waals surface area (Å²) in [5.74, 6) is 0.265. The fourth-order valence-corrected chi connectivity index (χ4v) is 4.06. The molecule has 0 fully saturated rings. The summed E-state index contributed by atoms with van der Waals surface area (Å²) in [4.78, 5) is 11.8. The van der Waals surface area contributed by atoms with Crippen molar-refractivity contribution in [2.75, 3.05) is 6.54 Å². The van der Waals surface area contributed by atoms with Crippen LogP contribution in [0.3, 0.4) is 0 Å². The number of hydrogen-bond acceptors (Lipinski definition) is 1. The van der Waals surface area contributed by atoms with Crippen LogP contribution in [0, 0.1) is 0 Å². The van der Waals surface area contributed by atoms with Gasteiger partial charge in [-0.05, 0) is 12.8 Å². The number of carbonyl (C=O) groups excluding carboxylic acids is 1. The van der Waals surface area contributed by atoms with Crippen molar-refractivity contribution < 1.29 is 4.79 Å². The normalized spacial score (nSPS) is 11.1. The van der Waals surface area contributed by atoms with Gasteiger partial charge < -0.3 is 5.32 Å². The highest BCUT2D eigenvalue weighted by molar-refractivity contribution is 5.75. The molecule has 0 spiro atoms. The summed E-state index contributed by atoms with van der Waals surface area (Å²) in [6.45, 7) is 5.40. The molecule has 29 heavy (non-hydrogen) atoms. The van der Waals surface area contributed by atoms with Gasteiger partial charge in [-0.25, -0.2) is 0 Å². The molecule has 2 heteroatoms. The van der Waals surface area contributed by atoms with Crippen molar-refractivity contribution in [2.24, 2.45) is 0 Å². The van der Waals surface area contributed by atoms with Gasteiger partial charge in [0.15, 0.2) is 0 Å². The SMILES string of the molecule is CCCCCCCCCCCCCCCCCCCC(=O)NCCCCCCC. The lowest BCUT2D eigenvalue weighted by Crippen LogP contribution is -2.23. The van der Waals surface area contributed by atoms with Crippen LogP contribution in [-0.4, -0.2) is 12.5 Å². The van der Waals surface area contributed by atoms with Gasteiger partial charge in [0, 0.05) is 13.0 Å². The molecular formula is C27H55NO. The third-order valence-corrected chi connectivity index (χ3v) is 6.11. The Hall–Kier alpha value is -0.530. The summed E-state index contributed by atoms with van der Waals surface area (Å²) < 4.78 is 0. The number of carbonyl (C=O) groups is 1. The van der Waals surface area contributed by atoms with E-state index in [0.29, 0.717) is 0 Å². The molecule has 0 heterocycles. The minimum Gasteiger partial charge on any atom is -0.356 e. The van der Waals surface area contributed by atoms with Gasteiger partial charge in [-0.2, -0.15) is 0 Å². The van der Waals surface area contributed by atoms with E-state index in [1.54, 1.807) is 0 Å². The monoisotopic (exact) mass is 409 g/mol. The first-order valence-electron chi connectivity index (χ1n) is 13.6. The molecule has 0 saturated heterocycles. The maximum Gasteiger partial charge on any atom is 0.219 e. The number of rotatable bonds is 24. The summed E-state index contributed by atoms with van der Waals surface area (Å²) in [6.07, 6.45) is 30.6. The van der Waals surface area contributed by atoms with Gasteiger partial charge in [0.25, 0.3) is 0 Å². The van der Waals surface area contributed by atoms with Crippen LogP contribution in [0.15, 0.2) is 0 Å². The lowest BCUT2D eigenvalue weighted by Gasteiger charge is -2.05. The van der Waals surface area contributed by atoms with Crippen molar-refractivity contribution in [1.29, 1.82) is 0 Å². The molecule has 0 atom stereocenters. The van der Waals surface area contributed by atoms with Crippen LogP contribution in [-0.2, 0) is 4.79 Å². The smallest absolute Gasteiger partial charge is 0.219 e. The van der Waals surface area contributed by atoms with E-state index < -0.39 is 0 Å². The number of nitrogens with one attached hydrogen (secondary N) is 1. The minimum atomic E-state index is 0.265. The van der Waals surface area contributed by atoms with E-state index in [9.17, 15) is 4.79 Å². The van der Waals surface area contributed by atoms with E-state index in [1.165, 1.54) is 128 Å². The largest absolute Gasteiger partial charge is 0.356 e. The maximum absolute atomic E-state index is 11.8. The summed E-state index contributed by atoms with van der Waals surface area (Å²) in [7, 11) is 0. The molecule has 0 aliphatic rings. The topological polar surface area (TPSA) is 29.1 Å². The summed E-state index contributed by atoms with van der Waals surface area (Å²) in [5.41, 5.74) is 0. The average molecular weight is 410 g/mol. The van der Waals surface area contributed by atoms with Crippen molar-refractivity contribution in [3.05, 3.63) is 0 Å². The fraction of sp³-hybridized carbons (Fsp3) is 0.963. The Morgan fingerprint density at radius 2 is 0.759 bits per heavy atom. The van der Waals surface area contributed by atoms with Crippen LogP contribution in [0.1, 0.15) is 162 Å². The zero-order chi connectivity index (χ0) is 21.3. The molecule has 2 nitrogen and oxygen atoms in total. The van der Waals surface area contributed by atoms with Crippen molar-refractivity contribution in [1.82, 2.24) is 5.32 Å². The van der Waals surface area contributed by atoms with E-state index in [2.05, 4.69) is 19.2 Å². The molecule has 0 rings (SSSR count). The molecule has 0 aliphatic carbocycles. The van der Waals surface area contributed by atoms with Gasteiger partial charge in [0.1, 0.15) is 0 Å². The Balaban J connectivity index is 3.10. The molecule has 0 unspecified atom stereocenters. The van der Waals surface area contributed by atoms with Crippen LogP contribution in [0.2, 0.25) is 0 Å². The Morgan fingerprint density at radius 1 is 0.448 bits per heavy atom. The molecule has 0 saturated carbocycles. The van der Waals surface area contributed by atoms with Crippen LogP contribution < -0.4 is 5.32 Å². The summed E-state index contributed by atoms with van der Waals surface area (Å²) >= 11 is 0. The standard InChI is InChI=1S/C27H55NO/c1-3-5-7-9-10-11-12-13-14-15-16-17-18-19-20-21-23-25-27(29)28-26-24-22-8-6-4-2/h3-26H2,1-2H3,(H,28,29). The first-order chi connectivity index (χ1) is 14.3. The van der Waals surface area contributed by atoms with Gasteiger partial charge >= 0.3 is 0 Å². The molecule has 1 amide bonds. The Bertz CT molecular complexity index is 316. The number of hydrogen-bond donors (Lipinski definition) is 1. The third-order valence-electron chi connectivity index (χ3n) is 6.11. The Morgan fingerprint density at radius 3 is 1.14 bits per heavy atom. The molecule has 1 N–H and O–H groups in total. The lowest BCUT2D eigenvalue weighted by atomic mass is 10.0. The minimum absolute atomic E-state index is 0.265. The molecule has 0 bridgehead atoms. The van der Waals surface area contributed by atoms with Gasteiger partial charge in [-0.3, -0.25) is 4.79 Å². The van der Waals surface area contributed by atoms with E-state index in [4.69, 9.17) is 0 Å². The second-order valence-electron chi connectivity index (χ2n) is 9.17. The van der Waals surface area contributed by atoms with Crippen LogP contribution >= 0.6 is 0 Å². The van der Waals surface area contributed by atoms with E-state index >= 15 is 0 Å². The van der Waals surface area contributed by atoms with Gasteiger partial charge in [0.05, 0.1) is 0 Å². The Kier molecular flexibility index (Phi) is 25.0. The summed E-state index contributed by atoms with van der Waals surface area (Å²) in [5, 5.41) is 3.08. The molecular weight excluding hydrogens is 354 g/mol. The predicted molar refractivity (Wildman–Crippen MR) is 131 cm³/mol. The Labute approximate surface area is 184 Å². The highest BCUT2D eigenvalue weighted by Gasteiger charge is 2.00. The van der Waals surface area contributed by atoms with Crippen molar-refractivity contribution >= 4 is 5.91 Å². The van der Waals surface area contributed by atoms with E-state index in [-0.39, 0.29) is 5.91 Å². The molecule has 0 aromatic rings. The van der Waals surface area contributed by atoms with Gasteiger partial charge in [-0.1, -0.05) is 142 Å². The number of unbranched alkanes of at least 4 members (excludes halogenated alkanes) is 20. The van der Waals surface area contributed by atoms with Crippen LogP contribution in [0.5, 0.6) is 0 Å². The molecule has 0 aromatic heterocycles. The highest BCUT2D eigenvalue weighted by atomic mass is 16.1. The second kappa shape index (κ2) is 25.5. The first kappa shape index (κ1) is 28.5. The quantitative estimate of drug-likeness (QED) is 0.158. The number of amides is 1. The van der Waals surface area contributed by atoms with Crippen LogP contribution in [0.25, 0.3) is 0 Å². The van der Waals surface area contributed by atoms with E-state index in [1.807, 2.05) is 0 Å². The van der Waals surface area contributed by atoms with Gasteiger partial charge in [-0.15, -0.1) is 0 Å². The first-order valence-corrected chi connectivity index (χ1v) is 13.6. The second-order valence-corrected chi connectivity index (χ2v) is 9.17. The predicted octanol–water partition coefficient (Wildman–Crippen LogP) is 9.11. The van der Waals surface area contributed by atoms with E-state index in [0.717, 1.165) is 25.8 Å². The van der Waals surface area contributed by atoms with Crippen molar-refractivity contribution in [3.8, 4) is 0 Å². The fourth-order valence-electron chi connectivity index (χ4n) is 4.06. The molecule has 174 valence electrons. The molecule has 0 aliphatic heterocycles. The maximum atomic E-state index is 11.8. The molecule has 0 aromatic carbocycles. The third kappa shape index (κ3) is 25.4. The lowest BCUT2D eigenvalue weighted by molar-refractivity contribution is -0.121. The average Bonchev–Trinajstić information content (AvgIpc) is 2.73. The zero-order valence-electron chi connectivity index (χ0n) is 20.4.